The van der Waals surface area contributed by atoms with E-state index >= 15 is 0 Å². The van der Waals surface area contributed by atoms with E-state index in [0.717, 1.165) is 18.1 Å². The Morgan fingerprint density at radius 1 is 0.895 bits per heavy atom. The van der Waals surface area contributed by atoms with Crippen LogP contribution in [0.1, 0.15) is 31.7 Å². The maximum atomic E-state index is 13.6. The molecule has 2 rings (SSSR count). The van der Waals surface area contributed by atoms with Gasteiger partial charge in [0.2, 0.25) is 0 Å². The molecule has 0 aliphatic heterocycles. The first kappa shape index (κ1) is 13.7. The van der Waals surface area contributed by atoms with Crippen molar-refractivity contribution in [1.29, 1.82) is 0 Å². The van der Waals surface area contributed by atoms with Gasteiger partial charge in [0.15, 0.2) is 0 Å². The molecule has 0 heterocycles. The van der Waals surface area contributed by atoms with E-state index in [1.807, 2.05) is 24.3 Å². The van der Waals surface area contributed by atoms with Gasteiger partial charge in [-0.25, -0.2) is 8.78 Å². The Bertz CT molecular complexity index is 529. The number of aryl methyl sites for hydroxylation is 1. The first-order valence-electron chi connectivity index (χ1n) is 6.75. The molecule has 0 aliphatic carbocycles. The molecule has 0 amide bonds. The summed E-state index contributed by atoms with van der Waals surface area (Å²) in [6, 6.07) is 11.5. The van der Waals surface area contributed by atoms with Crippen LogP contribution in [0.4, 0.5) is 8.78 Å². The summed E-state index contributed by atoms with van der Waals surface area (Å²) in [5, 5.41) is 0. The van der Waals surface area contributed by atoms with Crippen LogP contribution in [0, 0.1) is 11.6 Å². The normalized spacial score (nSPS) is 10.7. The van der Waals surface area contributed by atoms with Crippen molar-refractivity contribution >= 4 is 0 Å². The molecule has 0 aromatic heterocycles. The highest BCUT2D eigenvalue weighted by molar-refractivity contribution is 5.64. The summed E-state index contributed by atoms with van der Waals surface area (Å²) in [5.41, 5.74) is 2.50. The first-order valence-corrected chi connectivity index (χ1v) is 6.75. The Morgan fingerprint density at radius 2 is 1.63 bits per heavy atom. The third kappa shape index (κ3) is 3.63. The molecule has 0 N–H and O–H groups in total. The van der Waals surface area contributed by atoms with Crippen LogP contribution >= 0.6 is 0 Å². The summed E-state index contributed by atoms with van der Waals surface area (Å²) in [5.74, 6) is -1.06. The van der Waals surface area contributed by atoms with Gasteiger partial charge in [0.25, 0.3) is 0 Å². The Labute approximate surface area is 113 Å². The van der Waals surface area contributed by atoms with E-state index in [9.17, 15) is 8.78 Å². The van der Waals surface area contributed by atoms with Crippen LogP contribution in [0.3, 0.4) is 0 Å². The van der Waals surface area contributed by atoms with Crippen LogP contribution in [0.5, 0.6) is 0 Å². The fraction of sp³-hybridized carbons (Fsp3) is 0.294. The lowest BCUT2D eigenvalue weighted by Gasteiger charge is -2.06. The first-order chi connectivity index (χ1) is 9.20. The van der Waals surface area contributed by atoms with E-state index in [-0.39, 0.29) is 0 Å². The highest BCUT2D eigenvalue weighted by Crippen LogP contribution is 2.24. The van der Waals surface area contributed by atoms with Crippen LogP contribution in [0.25, 0.3) is 11.1 Å². The van der Waals surface area contributed by atoms with Crippen molar-refractivity contribution in [1.82, 2.24) is 0 Å². The smallest absolute Gasteiger partial charge is 0.133 e. The summed E-state index contributed by atoms with van der Waals surface area (Å²) in [6.45, 7) is 2.18. The molecule has 0 spiro atoms. The summed E-state index contributed by atoms with van der Waals surface area (Å²) >= 11 is 0. The number of benzene rings is 2. The SMILES string of the molecule is CCCCCc1ccc(-c2ccc(F)cc2F)cc1. The number of rotatable bonds is 5. The molecular weight excluding hydrogens is 242 g/mol. The predicted molar refractivity (Wildman–Crippen MR) is 75.0 cm³/mol. The lowest BCUT2D eigenvalue weighted by Crippen LogP contribution is -1.88. The molecule has 0 nitrogen and oxygen atoms in total. The Morgan fingerprint density at radius 3 is 2.26 bits per heavy atom. The lowest BCUT2D eigenvalue weighted by atomic mass is 10.0. The van der Waals surface area contributed by atoms with Gasteiger partial charge in [0.05, 0.1) is 0 Å². The predicted octanol–water partition coefficient (Wildman–Crippen LogP) is 5.36. The van der Waals surface area contributed by atoms with Crippen LogP contribution < -0.4 is 0 Å². The maximum Gasteiger partial charge on any atom is 0.133 e. The zero-order chi connectivity index (χ0) is 13.7. The summed E-state index contributed by atoms with van der Waals surface area (Å²) in [6.07, 6.45) is 4.67. The largest absolute Gasteiger partial charge is 0.207 e. The van der Waals surface area contributed by atoms with E-state index in [0.29, 0.717) is 5.56 Å². The van der Waals surface area contributed by atoms with E-state index in [4.69, 9.17) is 0 Å². The van der Waals surface area contributed by atoms with Crippen molar-refractivity contribution in [2.75, 3.05) is 0 Å². The van der Waals surface area contributed by atoms with Crippen molar-refractivity contribution in [2.45, 2.75) is 32.6 Å². The summed E-state index contributed by atoms with van der Waals surface area (Å²) in [4.78, 5) is 0. The molecule has 2 aromatic carbocycles. The number of hydrogen-bond donors (Lipinski definition) is 0. The maximum absolute atomic E-state index is 13.6. The summed E-state index contributed by atoms with van der Waals surface area (Å²) < 4.78 is 26.5. The molecule has 2 aromatic rings. The minimum Gasteiger partial charge on any atom is -0.207 e. The topological polar surface area (TPSA) is 0 Å². The molecule has 0 atom stereocenters. The van der Waals surface area contributed by atoms with Crippen LogP contribution in [-0.4, -0.2) is 0 Å². The van der Waals surface area contributed by atoms with Gasteiger partial charge in [0, 0.05) is 11.6 Å². The van der Waals surface area contributed by atoms with E-state index in [1.54, 1.807) is 0 Å². The zero-order valence-electron chi connectivity index (χ0n) is 11.1. The van der Waals surface area contributed by atoms with E-state index in [2.05, 4.69) is 6.92 Å². The molecule has 0 aliphatic rings. The summed E-state index contributed by atoms with van der Waals surface area (Å²) in [7, 11) is 0. The lowest BCUT2D eigenvalue weighted by molar-refractivity contribution is 0.585. The Kier molecular flexibility index (Phi) is 4.67. The molecular formula is C17H18F2. The highest BCUT2D eigenvalue weighted by atomic mass is 19.1. The van der Waals surface area contributed by atoms with E-state index < -0.39 is 11.6 Å². The molecule has 0 saturated carbocycles. The van der Waals surface area contributed by atoms with Gasteiger partial charge in [-0.05, 0) is 36.1 Å². The third-order valence-corrected chi connectivity index (χ3v) is 3.27. The molecule has 100 valence electrons. The standard InChI is InChI=1S/C17H18F2/c1-2-3-4-5-13-6-8-14(9-7-13)16-11-10-15(18)12-17(16)19/h6-12H,2-5H2,1H3. The Hall–Kier alpha value is -1.70. The molecule has 0 unspecified atom stereocenters. The quantitative estimate of drug-likeness (QED) is 0.634. The van der Waals surface area contributed by atoms with Gasteiger partial charge in [0.1, 0.15) is 11.6 Å². The van der Waals surface area contributed by atoms with Gasteiger partial charge in [-0.15, -0.1) is 0 Å². The second kappa shape index (κ2) is 6.46. The highest BCUT2D eigenvalue weighted by Gasteiger charge is 2.06. The van der Waals surface area contributed by atoms with Gasteiger partial charge < -0.3 is 0 Å². The van der Waals surface area contributed by atoms with Gasteiger partial charge in [-0.3, -0.25) is 0 Å². The van der Waals surface area contributed by atoms with E-state index in [1.165, 1.54) is 37.0 Å². The fourth-order valence-corrected chi connectivity index (χ4v) is 2.15. The van der Waals surface area contributed by atoms with Crippen molar-refractivity contribution in [3.8, 4) is 11.1 Å². The average molecular weight is 260 g/mol. The molecule has 0 radical (unpaired) electrons. The fourth-order valence-electron chi connectivity index (χ4n) is 2.15. The molecule has 0 saturated heterocycles. The van der Waals surface area contributed by atoms with Crippen molar-refractivity contribution < 1.29 is 8.78 Å². The van der Waals surface area contributed by atoms with Crippen molar-refractivity contribution in [2.24, 2.45) is 0 Å². The number of halogens is 2. The van der Waals surface area contributed by atoms with Gasteiger partial charge >= 0.3 is 0 Å². The zero-order valence-corrected chi connectivity index (χ0v) is 11.1. The van der Waals surface area contributed by atoms with Crippen molar-refractivity contribution in [3.63, 3.8) is 0 Å². The second-order valence-corrected chi connectivity index (χ2v) is 4.78. The minimum atomic E-state index is -0.544. The van der Waals surface area contributed by atoms with Crippen LogP contribution in [0.2, 0.25) is 0 Å². The van der Waals surface area contributed by atoms with Crippen LogP contribution in [-0.2, 0) is 6.42 Å². The monoisotopic (exact) mass is 260 g/mol. The van der Waals surface area contributed by atoms with Crippen LogP contribution in [0.15, 0.2) is 42.5 Å². The van der Waals surface area contributed by atoms with Gasteiger partial charge in [-0.1, -0.05) is 44.0 Å². The molecule has 0 bridgehead atoms. The van der Waals surface area contributed by atoms with Gasteiger partial charge in [-0.2, -0.15) is 0 Å². The minimum absolute atomic E-state index is 0.446. The molecule has 0 fully saturated rings. The average Bonchev–Trinajstić information content (AvgIpc) is 2.40. The number of hydrogen-bond acceptors (Lipinski definition) is 0. The third-order valence-electron chi connectivity index (χ3n) is 3.27. The second-order valence-electron chi connectivity index (χ2n) is 4.78. The molecule has 2 heteroatoms. The van der Waals surface area contributed by atoms with Crippen molar-refractivity contribution in [3.05, 3.63) is 59.7 Å². The number of unbranched alkanes of at least 4 members (excludes halogenated alkanes) is 2. The molecule has 19 heavy (non-hydrogen) atoms. The Balaban J connectivity index is 2.13.